The van der Waals surface area contributed by atoms with Crippen molar-refractivity contribution >= 4 is 21.6 Å². The Morgan fingerprint density at radius 2 is 1.84 bits per heavy atom. The molecule has 0 saturated carbocycles. The van der Waals surface area contributed by atoms with E-state index in [4.69, 9.17) is 0 Å². The van der Waals surface area contributed by atoms with Gasteiger partial charge in [0.05, 0.1) is 5.69 Å². The maximum Gasteiger partial charge on any atom is 0.147 e. The number of hydrogen-bond donors (Lipinski definition) is 1. The lowest BCUT2D eigenvalue weighted by molar-refractivity contribution is 0.626. The number of halogens is 2. The number of benzene rings is 2. The van der Waals surface area contributed by atoms with Crippen LogP contribution in [0, 0.1) is 19.7 Å². The van der Waals surface area contributed by atoms with Crippen LogP contribution in [-0.2, 0) is 0 Å². The first kappa shape index (κ1) is 14.1. The summed E-state index contributed by atoms with van der Waals surface area (Å²) in [5.74, 6) is -0.245. The average molecular weight is 322 g/mol. The topological polar surface area (TPSA) is 12.0 Å². The lowest BCUT2D eigenvalue weighted by Crippen LogP contribution is -2.09. The minimum atomic E-state index is -0.245. The van der Waals surface area contributed by atoms with Crippen molar-refractivity contribution in [1.29, 1.82) is 0 Å². The molecule has 0 bridgehead atoms. The molecule has 2 aromatic carbocycles. The Kier molecular flexibility index (Phi) is 4.25. The molecule has 1 nitrogen and oxygen atoms in total. The van der Waals surface area contributed by atoms with Gasteiger partial charge in [0.25, 0.3) is 0 Å². The summed E-state index contributed by atoms with van der Waals surface area (Å²) in [6, 6.07) is 11.3. The number of aryl methyl sites for hydroxylation is 2. The lowest BCUT2D eigenvalue weighted by atomic mass is 10.0. The molecule has 0 aromatic heterocycles. The maximum absolute atomic E-state index is 13.8. The van der Waals surface area contributed by atoms with Gasteiger partial charge >= 0.3 is 0 Å². The molecule has 1 N–H and O–H groups in total. The van der Waals surface area contributed by atoms with Gasteiger partial charge in [-0.15, -0.1) is 0 Å². The van der Waals surface area contributed by atoms with Crippen LogP contribution >= 0.6 is 15.9 Å². The van der Waals surface area contributed by atoms with Crippen molar-refractivity contribution in [3.8, 4) is 0 Å². The second-order valence-electron chi connectivity index (χ2n) is 4.81. The van der Waals surface area contributed by atoms with Gasteiger partial charge in [0.15, 0.2) is 0 Å². The fourth-order valence-electron chi connectivity index (χ4n) is 1.97. The van der Waals surface area contributed by atoms with E-state index >= 15 is 0 Å². The molecule has 0 aliphatic carbocycles. The third-order valence-electron chi connectivity index (χ3n) is 3.35. The summed E-state index contributed by atoms with van der Waals surface area (Å²) in [4.78, 5) is 0. The molecule has 0 fully saturated rings. The Hall–Kier alpha value is -1.35. The van der Waals surface area contributed by atoms with Crippen molar-refractivity contribution in [3.63, 3.8) is 0 Å². The van der Waals surface area contributed by atoms with E-state index in [1.165, 1.54) is 17.2 Å². The Labute approximate surface area is 122 Å². The standard InChI is InChI=1S/C16H17BrFN/c1-10-7-8-13(9-11(10)2)12(3)19-16-14(17)5-4-6-15(16)18/h4-9,12,19H,1-3H3. The smallest absolute Gasteiger partial charge is 0.147 e. The van der Waals surface area contributed by atoms with Gasteiger partial charge in [-0.3, -0.25) is 0 Å². The molecule has 100 valence electrons. The van der Waals surface area contributed by atoms with E-state index in [2.05, 4.69) is 53.3 Å². The van der Waals surface area contributed by atoms with Gasteiger partial charge in [0.1, 0.15) is 5.82 Å². The summed E-state index contributed by atoms with van der Waals surface area (Å²) in [5, 5.41) is 3.22. The molecule has 2 rings (SSSR count). The Balaban J connectivity index is 2.25. The van der Waals surface area contributed by atoms with Gasteiger partial charge in [-0.25, -0.2) is 4.39 Å². The number of nitrogens with one attached hydrogen (secondary N) is 1. The highest BCUT2D eigenvalue weighted by atomic mass is 79.9. The lowest BCUT2D eigenvalue weighted by Gasteiger charge is -2.18. The first-order valence-electron chi connectivity index (χ1n) is 6.26. The SMILES string of the molecule is Cc1ccc(C(C)Nc2c(F)cccc2Br)cc1C. The first-order chi connectivity index (χ1) is 8.99. The zero-order valence-electron chi connectivity index (χ0n) is 11.3. The summed E-state index contributed by atoms with van der Waals surface area (Å²) < 4.78 is 14.5. The summed E-state index contributed by atoms with van der Waals surface area (Å²) in [7, 11) is 0. The zero-order chi connectivity index (χ0) is 14.0. The van der Waals surface area contributed by atoms with Gasteiger partial charge in [-0.05, 0) is 65.5 Å². The van der Waals surface area contributed by atoms with Gasteiger partial charge in [0, 0.05) is 10.5 Å². The fraction of sp³-hybridized carbons (Fsp3) is 0.250. The van der Waals surface area contributed by atoms with Crippen LogP contribution < -0.4 is 5.32 Å². The summed E-state index contributed by atoms with van der Waals surface area (Å²) >= 11 is 3.37. The first-order valence-corrected chi connectivity index (χ1v) is 7.06. The Morgan fingerprint density at radius 3 is 2.47 bits per heavy atom. The molecule has 0 saturated heterocycles. The molecule has 0 aliphatic rings. The van der Waals surface area contributed by atoms with E-state index in [9.17, 15) is 4.39 Å². The Bertz CT molecular complexity index is 575. The largest absolute Gasteiger partial charge is 0.375 e. The van der Waals surface area contributed by atoms with E-state index < -0.39 is 0 Å². The number of anilines is 1. The molecule has 0 aliphatic heterocycles. The van der Waals surface area contributed by atoms with Crippen molar-refractivity contribution in [2.45, 2.75) is 26.8 Å². The second-order valence-corrected chi connectivity index (χ2v) is 5.66. The van der Waals surface area contributed by atoms with E-state index in [0.717, 1.165) is 10.0 Å². The van der Waals surface area contributed by atoms with Crippen molar-refractivity contribution < 1.29 is 4.39 Å². The molecule has 1 atom stereocenters. The monoisotopic (exact) mass is 321 g/mol. The predicted octanol–water partition coefficient (Wildman–Crippen LogP) is 5.38. The van der Waals surface area contributed by atoms with Crippen LogP contribution in [0.4, 0.5) is 10.1 Å². The van der Waals surface area contributed by atoms with Crippen LogP contribution in [0.1, 0.15) is 29.7 Å². The van der Waals surface area contributed by atoms with Gasteiger partial charge in [-0.2, -0.15) is 0 Å². The third kappa shape index (κ3) is 3.16. The molecule has 3 heteroatoms. The molecular weight excluding hydrogens is 305 g/mol. The van der Waals surface area contributed by atoms with Crippen LogP contribution in [0.2, 0.25) is 0 Å². The van der Waals surface area contributed by atoms with Crippen molar-refractivity contribution in [3.05, 3.63) is 63.4 Å². The maximum atomic E-state index is 13.8. The van der Waals surface area contributed by atoms with Gasteiger partial charge < -0.3 is 5.32 Å². The molecular formula is C16H17BrFN. The van der Waals surface area contributed by atoms with E-state index in [-0.39, 0.29) is 11.9 Å². The third-order valence-corrected chi connectivity index (χ3v) is 4.02. The molecule has 1 unspecified atom stereocenters. The zero-order valence-corrected chi connectivity index (χ0v) is 12.9. The molecule has 0 spiro atoms. The van der Waals surface area contributed by atoms with Crippen molar-refractivity contribution in [1.82, 2.24) is 0 Å². The summed E-state index contributed by atoms with van der Waals surface area (Å²) in [6.45, 7) is 6.21. The molecule has 0 amide bonds. The Morgan fingerprint density at radius 1 is 1.11 bits per heavy atom. The van der Waals surface area contributed by atoms with Crippen LogP contribution in [0.5, 0.6) is 0 Å². The second kappa shape index (κ2) is 5.74. The van der Waals surface area contributed by atoms with Crippen LogP contribution in [0.25, 0.3) is 0 Å². The minimum Gasteiger partial charge on any atom is -0.375 e. The van der Waals surface area contributed by atoms with Crippen LogP contribution in [0.15, 0.2) is 40.9 Å². The highest BCUT2D eigenvalue weighted by Crippen LogP contribution is 2.29. The molecule has 19 heavy (non-hydrogen) atoms. The molecule has 0 radical (unpaired) electrons. The highest BCUT2D eigenvalue weighted by molar-refractivity contribution is 9.10. The molecule has 2 aromatic rings. The fourth-order valence-corrected chi connectivity index (χ4v) is 2.43. The number of hydrogen-bond acceptors (Lipinski definition) is 1. The quantitative estimate of drug-likeness (QED) is 0.800. The van der Waals surface area contributed by atoms with Crippen molar-refractivity contribution in [2.24, 2.45) is 0 Å². The van der Waals surface area contributed by atoms with E-state index in [0.29, 0.717) is 5.69 Å². The van der Waals surface area contributed by atoms with Gasteiger partial charge in [-0.1, -0.05) is 24.3 Å². The van der Waals surface area contributed by atoms with Crippen molar-refractivity contribution in [2.75, 3.05) is 5.32 Å². The molecule has 0 heterocycles. The van der Waals surface area contributed by atoms with E-state index in [1.807, 2.05) is 13.0 Å². The predicted molar refractivity (Wildman–Crippen MR) is 82.1 cm³/mol. The number of para-hydroxylation sites is 1. The minimum absolute atomic E-state index is 0.0486. The summed E-state index contributed by atoms with van der Waals surface area (Å²) in [5.41, 5.74) is 4.17. The highest BCUT2D eigenvalue weighted by Gasteiger charge is 2.11. The normalized spacial score (nSPS) is 12.3. The average Bonchev–Trinajstić information content (AvgIpc) is 2.37. The van der Waals surface area contributed by atoms with Crippen LogP contribution in [-0.4, -0.2) is 0 Å². The van der Waals surface area contributed by atoms with E-state index in [1.54, 1.807) is 6.07 Å². The number of rotatable bonds is 3. The van der Waals surface area contributed by atoms with Gasteiger partial charge in [0.2, 0.25) is 0 Å². The summed E-state index contributed by atoms with van der Waals surface area (Å²) in [6.07, 6.45) is 0. The van der Waals surface area contributed by atoms with Crippen LogP contribution in [0.3, 0.4) is 0 Å².